The molecule has 0 aromatic rings. The van der Waals surface area contributed by atoms with Gasteiger partial charge in [-0.15, -0.1) is 0 Å². The number of piperidine rings is 1. The van der Waals surface area contributed by atoms with Gasteiger partial charge in [-0.1, -0.05) is 19.8 Å². The molecule has 0 radical (unpaired) electrons. The molecule has 1 saturated heterocycles. The number of hydrogen-bond acceptors (Lipinski definition) is 3. The Morgan fingerprint density at radius 3 is 2.37 bits per heavy atom. The van der Waals surface area contributed by atoms with Crippen LogP contribution in [0.1, 0.15) is 51.9 Å². The van der Waals surface area contributed by atoms with Crippen LogP contribution in [0.2, 0.25) is 0 Å². The van der Waals surface area contributed by atoms with Crippen molar-refractivity contribution in [3.63, 3.8) is 0 Å². The standard InChI is InChI=1S/C15H28N2OS/c1-3-14(8-10-16-11-9-14)13(18)17-12-15(19-2)6-4-5-7-15/h16H,3-12H2,1-2H3,(H,17,18). The van der Waals surface area contributed by atoms with E-state index in [0.717, 1.165) is 38.9 Å². The highest BCUT2D eigenvalue weighted by atomic mass is 32.2. The van der Waals surface area contributed by atoms with Gasteiger partial charge in [-0.2, -0.15) is 11.8 Å². The van der Waals surface area contributed by atoms with Crippen molar-refractivity contribution < 1.29 is 4.79 Å². The van der Waals surface area contributed by atoms with E-state index in [4.69, 9.17) is 0 Å². The third-order valence-electron chi connectivity index (χ3n) is 5.24. The Bertz CT molecular complexity index is 307. The molecule has 1 saturated carbocycles. The Morgan fingerprint density at radius 1 is 1.21 bits per heavy atom. The van der Waals surface area contributed by atoms with E-state index >= 15 is 0 Å². The lowest BCUT2D eigenvalue weighted by atomic mass is 9.76. The minimum atomic E-state index is -0.108. The van der Waals surface area contributed by atoms with E-state index in [2.05, 4.69) is 23.8 Å². The Morgan fingerprint density at radius 2 is 1.84 bits per heavy atom. The molecule has 110 valence electrons. The van der Waals surface area contributed by atoms with Crippen LogP contribution in [0.25, 0.3) is 0 Å². The molecule has 0 spiro atoms. The second-order valence-electron chi connectivity index (χ2n) is 6.16. The maximum absolute atomic E-state index is 12.6. The lowest BCUT2D eigenvalue weighted by Gasteiger charge is -2.37. The molecule has 2 N–H and O–H groups in total. The number of carbonyl (C=O) groups is 1. The third-order valence-corrected chi connectivity index (χ3v) is 6.66. The van der Waals surface area contributed by atoms with Crippen molar-refractivity contribution in [1.29, 1.82) is 0 Å². The molecule has 0 unspecified atom stereocenters. The van der Waals surface area contributed by atoms with Crippen molar-refractivity contribution in [3.05, 3.63) is 0 Å². The number of amides is 1. The van der Waals surface area contributed by atoms with Crippen molar-refractivity contribution in [2.75, 3.05) is 25.9 Å². The molecule has 3 nitrogen and oxygen atoms in total. The molecule has 0 aromatic heterocycles. The van der Waals surface area contributed by atoms with Crippen LogP contribution in [0.4, 0.5) is 0 Å². The zero-order valence-corrected chi connectivity index (χ0v) is 13.2. The largest absolute Gasteiger partial charge is 0.354 e. The molecule has 2 fully saturated rings. The van der Waals surface area contributed by atoms with Gasteiger partial charge in [0.15, 0.2) is 0 Å². The zero-order valence-electron chi connectivity index (χ0n) is 12.4. The Labute approximate surface area is 121 Å². The predicted molar refractivity (Wildman–Crippen MR) is 82.6 cm³/mol. The van der Waals surface area contributed by atoms with Crippen molar-refractivity contribution in [2.45, 2.75) is 56.6 Å². The number of thioether (sulfide) groups is 1. The van der Waals surface area contributed by atoms with E-state index in [1.807, 2.05) is 11.8 Å². The van der Waals surface area contributed by atoms with Gasteiger partial charge in [-0.3, -0.25) is 4.79 Å². The Balaban J connectivity index is 1.92. The maximum atomic E-state index is 12.6. The first kappa shape index (κ1) is 15.2. The minimum Gasteiger partial charge on any atom is -0.354 e. The van der Waals surface area contributed by atoms with Gasteiger partial charge < -0.3 is 10.6 Å². The van der Waals surface area contributed by atoms with Crippen LogP contribution in [0.15, 0.2) is 0 Å². The summed E-state index contributed by atoms with van der Waals surface area (Å²) in [6.45, 7) is 4.98. The second kappa shape index (κ2) is 6.49. The SMILES string of the molecule is CCC1(C(=O)NCC2(SC)CCCC2)CCNCC1. The highest BCUT2D eigenvalue weighted by Crippen LogP contribution is 2.40. The molecule has 0 bridgehead atoms. The Kier molecular flexibility index (Phi) is 5.18. The molecular formula is C15H28N2OS. The third kappa shape index (κ3) is 3.27. The van der Waals surface area contributed by atoms with Crippen molar-refractivity contribution >= 4 is 17.7 Å². The van der Waals surface area contributed by atoms with E-state index in [9.17, 15) is 4.79 Å². The smallest absolute Gasteiger partial charge is 0.226 e. The van der Waals surface area contributed by atoms with Crippen LogP contribution < -0.4 is 10.6 Å². The first-order valence-corrected chi connectivity index (χ1v) is 8.93. The summed E-state index contributed by atoms with van der Waals surface area (Å²) in [6, 6.07) is 0. The summed E-state index contributed by atoms with van der Waals surface area (Å²) in [5.41, 5.74) is -0.108. The first-order chi connectivity index (χ1) is 9.16. The number of carbonyl (C=O) groups excluding carboxylic acids is 1. The van der Waals surface area contributed by atoms with Crippen LogP contribution in [0.5, 0.6) is 0 Å². The van der Waals surface area contributed by atoms with E-state index in [-0.39, 0.29) is 5.41 Å². The minimum absolute atomic E-state index is 0.108. The summed E-state index contributed by atoms with van der Waals surface area (Å²) >= 11 is 1.95. The Hall–Kier alpha value is -0.220. The summed E-state index contributed by atoms with van der Waals surface area (Å²) in [6.07, 6.45) is 10.3. The quantitative estimate of drug-likeness (QED) is 0.815. The van der Waals surface area contributed by atoms with Gasteiger partial charge in [0, 0.05) is 11.3 Å². The van der Waals surface area contributed by atoms with Crippen molar-refractivity contribution in [2.24, 2.45) is 5.41 Å². The van der Waals surface area contributed by atoms with Crippen LogP contribution in [0, 0.1) is 5.41 Å². The molecule has 2 aliphatic rings. The highest BCUT2D eigenvalue weighted by Gasteiger charge is 2.39. The molecular weight excluding hydrogens is 256 g/mol. The van der Waals surface area contributed by atoms with Crippen LogP contribution in [-0.4, -0.2) is 36.5 Å². The number of nitrogens with one attached hydrogen (secondary N) is 2. The van der Waals surface area contributed by atoms with Gasteiger partial charge in [-0.05, 0) is 51.4 Å². The fourth-order valence-electron chi connectivity index (χ4n) is 3.55. The number of rotatable bonds is 5. The summed E-state index contributed by atoms with van der Waals surface area (Å²) in [5.74, 6) is 0.303. The second-order valence-corrected chi connectivity index (χ2v) is 7.44. The van der Waals surface area contributed by atoms with Crippen LogP contribution in [0.3, 0.4) is 0 Å². The van der Waals surface area contributed by atoms with Gasteiger partial charge in [0.1, 0.15) is 0 Å². The molecule has 2 rings (SSSR count). The molecule has 0 aromatic carbocycles. The van der Waals surface area contributed by atoms with Gasteiger partial charge in [0.05, 0.1) is 5.41 Å². The average Bonchev–Trinajstić information content (AvgIpc) is 2.95. The summed E-state index contributed by atoms with van der Waals surface area (Å²) in [7, 11) is 0. The maximum Gasteiger partial charge on any atom is 0.226 e. The van der Waals surface area contributed by atoms with E-state index in [0.29, 0.717) is 10.7 Å². The van der Waals surface area contributed by atoms with Crippen molar-refractivity contribution in [3.8, 4) is 0 Å². The monoisotopic (exact) mass is 284 g/mol. The molecule has 4 heteroatoms. The fraction of sp³-hybridized carbons (Fsp3) is 0.933. The molecule has 1 heterocycles. The molecule has 1 aliphatic heterocycles. The predicted octanol–water partition coefficient (Wildman–Crippen LogP) is 2.56. The van der Waals surface area contributed by atoms with Gasteiger partial charge >= 0.3 is 0 Å². The first-order valence-electron chi connectivity index (χ1n) is 7.71. The lowest BCUT2D eigenvalue weighted by molar-refractivity contribution is -0.133. The van der Waals surface area contributed by atoms with Gasteiger partial charge in [-0.25, -0.2) is 0 Å². The normalized spacial score (nSPS) is 25.2. The van der Waals surface area contributed by atoms with E-state index in [1.165, 1.54) is 25.7 Å². The average molecular weight is 284 g/mol. The number of hydrogen-bond donors (Lipinski definition) is 2. The van der Waals surface area contributed by atoms with E-state index in [1.54, 1.807) is 0 Å². The summed E-state index contributed by atoms with van der Waals surface area (Å²) < 4.78 is 0.317. The van der Waals surface area contributed by atoms with Crippen LogP contribution >= 0.6 is 11.8 Å². The fourth-order valence-corrected chi connectivity index (χ4v) is 4.46. The van der Waals surface area contributed by atoms with Crippen LogP contribution in [-0.2, 0) is 4.79 Å². The van der Waals surface area contributed by atoms with E-state index < -0.39 is 0 Å². The van der Waals surface area contributed by atoms with Crippen molar-refractivity contribution in [1.82, 2.24) is 10.6 Å². The lowest BCUT2D eigenvalue weighted by Crippen LogP contribution is -2.50. The summed E-state index contributed by atoms with van der Waals surface area (Å²) in [5, 5.41) is 6.65. The van der Waals surface area contributed by atoms with Gasteiger partial charge in [0.25, 0.3) is 0 Å². The highest BCUT2D eigenvalue weighted by molar-refractivity contribution is 8.00. The molecule has 0 atom stereocenters. The zero-order chi connectivity index (χ0) is 13.8. The molecule has 19 heavy (non-hydrogen) atoms. The molecule has 1 aliphatic carbocycles. The molecule has 1 amide bonds. The topological polar surface area (TPSA) is 41.1 Å². The summed E-state index contributed by atoms with van der Waals surface area (Å²) in [4.78, 5) is 12.6. The van der Waals surface area contributed by atoms with Gasteiger partial charge in [0.2, 0.25) is 5.91 Å².